The number of amides is 2. The van der Waals surface area contributed by atoms with Crippen molar-refractivity contribution in [3.8, 4) is 44.9 Å². The van der Waals surface area contributed by atoms with Crippen LogP contribution in [0.1, 0.15) is 75.0 Å². The standard InChI is InChI=1S/C31H29FN2O3.C25H17FN2O4/c1-31(2,3)14-12-25(35)20-7-5-6-19(16-20)23-17-24-26(30(36)33-4)28(18-8-10-21(32)11-9-18)37-29(24)22-13-15-34-27(22)23;1-27-24(29)20-19-12-18(14-3-2-4-15(11-14)25(30)31)21-17(9-10-28-21)23(19)32-22(20)13-5-7-16(26)8-6-13/h5-11,13,15-17,34H,12,14H2,1-4H3,(H,33,36);2-12,28H,1H3,(H,27,29)(H,30,31). The van der Waals surface area contributed by atoms with E-state index in [1.54, 1.807) is 49.6 Å². The minimum atomic E-state index is -1.02. The fraction of sp³-hybridized carbons (Fsp3) is 0.143. The first-order valence-corrected chi connectivity index (χ1v) is 22.2. The highest BCUT2D eigenvalue weighted by Crippen LogP contribution is 2.43. The minimum Gasteiger partial charge on any atom is -0.478 e. The third-order valence-electron chi connectivity index (χ3n) is 12.1. The summed E-state index contributed by atoms with van der Waals surface area (Å²) in [5.74, 6) is -1.61. The van der Waals surface area contributed by atoms with Crippen LogP contribution in [0.4, 0.5) is 8.78 Å². The van der Waals surface area contributed by atoms with Crippen molar-refractivity contribution in [1.82, 2.24) is 20.6 Å². The molecule has 2 amide bonds. The molecule has 5 N–H and O–H groups in total. The van der Waals surface area contributed by atoms with Crippen LogP contribution in [0.25, 0.3) is 88.6 Å². The number of aromatic amines is 2. The van der Waals surface area contributed by atoms with Gasteiger partial charge in [0.25, 0.3) is 11.8 Å². The Balaban J connectivity index is 0.000000174. The van der Waals surface area contributed by atoms with Crippen molar-refractivity contribution in [3.05, 3.63) is 168 Å². The van der Waals surface area contributed by atoms with Gasteiger partial charge in [0.05, 0.1) is 27.7 Å². The molecule has 0 aliphatic rings. The number of Topliss-reactive ketones (excluding diaryl/α,β-unsaturated/α-hetero) is 1. The Labute approximate surface area is 394 Å². The van der Waals surface area contributed by atoms with Crippen molar-refractivity contribution in [2.24, 2.45) is 5.41 Å². The van der Waals surface area contributed by atoms with Gasteiger partial charge in [0.1, 0.15) is 34.3 Å². The maximum atomic E-state index is 13.6. The van der Waals surface area contributed by atoms with E-state index in [1.807, 2.05) is 60.8 Å². The van der Waals surface area contributed by atoms with Crippen LogP contribution in [0, 0.1) is 17.0 Å². The average Bonchev–Trinajstić information content (AvgIpc) is 4.18. The van der Waals surface area contributed by atoms with Gasteiger partial charge in [0.2, 0.25) is 0 Å². The van der Waals surface area contributed by atoms with Crippen LogP contribution in [-0.2, 0) is 0 Å². The number of halogens is 2. The number of ketones is 1. The Hall–Kier alpha value is -8.58. The van der Waals surface area contributed by atoms with Crippen molar-refractivity contribution in [2.45, 2.75) is 33.6 Å². The van der Waals surface area contributed by atoms with Gasteiger partial charge < -0.3 is 34.5 Å². The molecule has 0 saturated heterocycles. The predicted molar refractivity (Wildman–Crippen MR) is 265 cm³/mol. The smallest absolute Gasteiger partial charge is 0.335 e. The van der Waals surface area contributed by atoms with Gasteiger partial charge in [-0.1, -0.05) is 51.1 Å². The van der Waals surface area contributed by atoms with E-state index < -0.39 is 5.97 Å². The molecule has 10 aromatic rings. The number of aromatic nitrogens is 2. The molecule has 0 saturated carbocycles. The molecule has 10 rings (SSSR count). The van der Waals surface area contributed by atoms with E-state index in [-0.39, 0.29) is 40.2 Å². The fourth-order valence-corrected chi connectivity index (χ4v) is 8.64. The first kappa shape index (κ1) is 45.6. The highest BCUT2D eigenvalue weighted by atomic mass is 19.1. The van der Waals surface area contributed by atoms with Gasteiger partial charge in [0, 0.05) is 82.3 Å². The average molecular weight is 925 g/mol. The quantitative estimate of drug-likeness (QED) is 0.0850. The van der Waals surface area contributed by atoms with Gasteiger partial charge in [-0.3, -0.25) is 14.4 Å². The van der Waals surface area contributed by atoms with Crippen LogP contribution in [0.3, 0.4) is 0 Å². The third kappa shape index (κ3) is 8.77. The number of carboxylic acid groups (broad SMARTS) is 1. The number of hydrogen-bond acceptors (Lipinski definition) is 6. The Kier molecular flexibility index (Phi) is 12.1. The molecule has 69 heavy (non-hydrogen) atoms. The number of H-pyrrole nitrogens is 2. The molecule has 11 nitrogen and oxygen atoms in total. The molecule has 0 fully saturated rings. The molecular weight excluding hydrogens is 879 g/mol. The second-order valence-corrected chi connectivity index (χ2v) is 17.9. The molecule has 0 aliphatic heterocycles. The van der Waals surface area contributed by atoms with Gasteiger partial charge >= 0.3 is 5.97 Å². The van der Waals surface area contributed by atoms with Crippen molar-refractivity contribution in [3.63, 3.8) is 0 Å². The summed E-state index contributed by atoms with van der Waals surface area (Å²) in [6, 6.07) is 33.3. The number of aromatic carboxylic acids is 1. The Bertz CT molecular complexity index is 3630. The van der Waals surface area contributed by atoms with E-state index in [2.05, 4.69) is 41.4 Å². The summed E-state index contributed by atoms with van der Waals surface area (Å²) >= 11 is 0. The van der Waals surface area contributed by atoms with Gasteiger partial charge in [-0.25, -0.2) is 13.6 Å². The van der Waals surface area contributed by atoms with E-state index >= 15 is 0 Å². The molecule has 0 spiro atoms. The predicted octanol–water partition coefficient (Wildman–Crippen LogP) is 13.2. The van der Waals surface area contributed by atoms with Gasteiger partial charge in [-0.05, 0) is 114 Å². The molecule has 6 aromatic carbocycles. The highest BCUT2D eigenvalue weighted by molar-refractivity contribution is 6.21. The zero-order valence-electron chi connectivity index (χ0n) is 38.3. The summed E-state index contributed by atoms with van der Waals surface area (Å²) in [6.07, 6.45) is 4.87. The minimum absolute atomic E-state index is 0.0779. The number of benzene rings is 6. The van der Waals surface area contributed by atoms with Crippen molar-refractivity contribution in [2.75, 3.05) is 14.1 Å². The molecule has 0 aliphatic carbocycles. The summed E-state index contributed by atoms with van der Waals surface area (Å²) in [4.78, 5) is 56.9. The van der Waals surface area contributed by atoms with Crippen molar-refractivity contribution >= 4 is 67.3 Å². The van der Waals surface area contributed by atoms with Gasteiger partial charge in [0.15, 0.2) is 5.78 Å². The Morgan fingerprint density at radius 3 is 1.42 bits per heavy atom. The second-order valence-electron chi connectivity index (χ2n) is 17.9. The topological polar surface area (TPSA) is 170 Å². The van der Waals surface area contributed by atoms with E-state index in [4.69, 9.17) is 8.83 Å². The van der Waals surface area contributed by atoms with E-state index in [0.717, 1.165) is 44.9 Å². The zero-order valence-corrected chi connectivity index (χ0v) is 38.3. The monoisotopic (exact) mass is 924 g/mol. The number of furan rings is 2. The molecular formula is C56H46F2N4O7. The molecule has 13 heteroatoms. The van der Waals surface area contributed by atoms with Crippen molar-refractivity contribution < 1.29 is 41.9 Å². The molecule has 0 radical (unpaired) electrons. The molecule has 4 aromatic heterocycles. The van der Waals surface area contributed by atoms with Gasteiger partial charge in [-0.15, -0.1) is 0 Å². The molecule has 346 valence electrons. The van der Waals surface area contributed by atoms with Crippen LogP contribution in [0.2, 0.25) is 0 Å². The Morgan fingerprint density at radius 2 is 1.00 bits per heavy atom. The largest absolute Gasteiger partial charge is 0.478 e. The van der Waals surface area contributed by atoms with Crippen molar-refractivity contribution in [1.29, 1.82) is 0 Å². The van der Waals surface area contributed by atoms with E-state index in [0.29, 0.717) is 73.3 Å². The van der Waals surface area contributed by atoms with Crippen LogP contribution in [-0.4, -0.2) is 52.7 Å². The van der Waals surface area contributed by atoms with Gasteiger partial charge in [-0.2, -0.15) is 0 Å². The molecule has 0 bridgehead atoms. The van der Waals surface area contributed by atoms with Crippen LogP contribution in [0.15, 0.2) is 143 Å². The van der Waals surface area contributed by atoms with Crippen LogP contribution in [0.5, 0.6) is 0 Å². The molecule has 0 unspecified atom stereocenters. The number of carboxylic acids is 1. The summed E-state index contributed by atoms with van der Waals surface area (Å²) in [7, 11) is 3.10. The Morgan fingerprint density at radius 1 is 0.565 bits per heavy atom. The number of nitrogens with one attached hydrogen (secondary N) is 4. The normalized spacial score (nSPS) is 11.5. The number of rotatable bonds is 10. The lowest BCUT2D eigenvalue weighted by molar-refractivity contribution is 0.0696. The summed E-state index contributed by atoms with van der Waals surface area (Å²) in [6.45, 7) is 6.38. The maximum absolute atomic E-state index is 13.6. The molecule has 0 atom stereocenters. The SMILES string of the molecule is CNC(=O)c1c(-c2ccc(F)cc2)oc2c1cc(-c1cccc(C(=O)CCC(C)(C)C)c1)c1[nH]ccc12.CNC(=O)c1c(-c2ccc(F)cc2)oc2c1cc(-c1cccc(C(=O)O)c1)c1[nH]ccc12. The lowest BCUT2D eigenvalue weighted by Crippen LogP contribution is -2.18. The van der Waals surface area contributed by atoms with Crippen LogP contribution < -0.4 is 10.6 Å². The first-order valence-electron chi connectivity index (χ1n) is 22.2. The summed E-state index contributed by atoms with van der Waals surface area (Å²) < 4.78 is 39.5. The fourth-order valence-electron chi connectivity index (χ4n) is 8.64. The van der Waals surface area contributed by atoms with E-state index in [1.165, 1.54) is 37.4 Å². The number of carbonyl (C=O) groups is 4. The summed E-state index contributed by atoms with van der Waals surface area (Å²) in [5.41, 5.74) is 8.59. The second kappa shape index (κ2) is 18.2. The highest BCUT2D eigenvalue weighted by Gasteiger charge is 2.27. The number of fused-ring (bicyclic) bond motifs is 6. The van der Waals surface area contributed by atoms with Crippen LogP contribution >= 0.6 is 0 Å². The lowest BCUT2D eigenvalue weighted by atomic mass is 9.88. The third-order valence-corrected chi connectivity index (χ3v) is 12.1. The maximum Gasteiger partial charge on any atom is 0.335 e. The number of carbonyl (C=O) groups excluding carboxylic acids is 3. The summed E-state index contributed by atoms with van der Waals surface area (Å²) in [5, 5.41) is 17.5. The lowest BCUT2D eigenvalue weighted by Gasteiger charge is -2.17. The zero-order chi connectivity index (χ0) is 48.7. The van der Waals surface area contributed by atoms with E-state index in [9.17, 15) is 33.1 Å². The number of hydrogen-bond donors (Lipinski definition) is 5. The molecule has 4 heterocycles. The first-order chi connectivity index (χ1) is 33.1.